The second-order valence-corrected chi connectivity index (χ2v) is 8.68. The molecule has 5 heteroatoms. The standard InChI is InChI=1S/C27H28F3NO/c28-23-10-6-20(7-11-23)26(21-8-12-24(29)13-9-21)5-2-16-31-17-14-27(32,15-18-31)22-3-1-4-25(30)19-22/h1,3-4,6-13,19,26,32H,2,5,14-18H2. The molecule has 3 aromatic carbocycles. The molecule has 0 unspecified atom stereocenters. The summed E-state index contributed by atoms with van der Waals surface area (Å²) in [5.41, 5.74) is 1.68. The van der Waals surface area contributed by atoms with Crippen molar-refractivity contribution in [3.8, 4) is 0 Å². The molecule has 3 aromatic rings. The fourth-order valence-electron chi connectivity index (χ4n) is 4.65. The van der Waals surface area contributed by atoms with Gasteiger partial charge in [-0.15, -0.1) is 0 Å². The van der Waals surface area contributed by atoms with Gasteiger partial charge in [0.05, 0.1) is 5.60 Å². The monoisotopic (exact) mass is 439 g/mol. The molecule has 1 aliphatic rings. The highest BCUT2D eigenvalue weighted by atomic mass is 19.1. The van der Waals surface area contributed by atoms with Crippen molar-refractivity contribution in [3.05, 3.63) is 107 Å². The fraction of sp³-hybridized carbons (Fsp3) is 0.333. The van der Waals surface area contributed by atoms with Crippen molar-refractivity contribution in [3.63, 3.8) is 0 Å². The molecule has 32 heavy (non-hydrogen) atoms. The van der Waals surface area contributed by atoms with Gasteiger partial charge in [0, 0.05) is 19.0 Å². The van der Waals surface area contributed by atoms with Gasteiger partial charge >= 0.3 is 0 Å². The second kappa shape index (κ2) is 9.88. The summed E-state index contributed by atoms with van der Waals surface area (Å²) >= 11 is 0. The van der Waals surface area contributed by atoms with E-state index in [1.807, 2.05) is 0 Å². The van der Waals surface area contributed by atoms with Gasteiger partial charge in [-0.2, -0.15) is 0 Å². The molecule has 1 fully saturated rings. The van der Waals surface area contributed by atoms with E-state index >= 15 is 0 Å². The Kier molecular flexibility index (Phi) is 6.97. The quantitative estimate of drug-likeness (QED) is 0.488. The van der Waals surface area contributed by atoms with Gasteiger partial charge in [-0.05, 0) is 85.3 Å². The number of hydrogen-bond acceptors (Lipinski definition) is 2. The number of aliphatic hydroxyl groups is 1. The first-order chi connectivity index (χ1) is 15.4. The minimum absolute atomic E-state index is 0.0604. The van der Waals surface area contributed by atoms with Crippen LogP contribution >= 0.6 is 0 Å². The third-order valence-corrected chi connectivity index (χ3v) is 6.56. The van der Waals surface area contributed by atoms with Crippen molar-refractivity contribution in [2.24, 2.45) is 0 Å². The van der Waals surface area contributed by atoms with Crippen molar-refractivity contribution in [2.75, 3.05) is 19.6 Å². The van der Waals surface area contributed by atoms with Crippen LogP contribution in [0.1, 0.15) is 48.3 Å². The summed E-state index contributed by atoms with van der Waals surface area (Å²) in [5.74, 6) is -0.812. The number of benzene rings is 3. The molecule has 0 aliphatic carbocycles. The van der Waals surface area contributed by atoms with Crippen molar-refractivity contribution in [1.29, 1.82) is 0 Å². The van der Waals surface area contributed by atoms with Crippen LogP contribution in [0.4, 0.5) is 13.2 Å². The lowest BCUT2D eigenvalue weighted by molar-refractivity contribution is -0.0263. The van der Waals surface area contributed by atoms with Crippen molar-refractivity contribution in [1.82, 2.24) is 4.90 Å². The minimum Gasteiger partial charge on any atom is -0.385 e. The topological polar surface area (TPSA) is 23.5 Å². The first-order valence-corrected chi connectivity index (χ1v) is 11.1. The molecule has 1 N–H and O–H groups in total. The SMILES string of the molecule is OC1(c2cccc(F)c2)CCN(CCCC(c2ccc(F)cc2)c2ccc(F)cc2)CC1. The molecule has 0 bridgehead atoms. The highest BCUT2D eigenvalue weighted by molar-refractivity contribution is 5.32. The van der Waals surface area contributed by atoms with Crippen molar-refractivity contribution >= 4 is 0 Å². The van der Waals surface area contributed by atoms with Gasteiger partial charge in [-0.1, -0.05) is 36.4 Å². The fourth-order valence-corrected chi connectivity index (χ4v) is 4.65. The lowest BCUT2D eigenvalue weighted by Crippen LogP contribution is -2.43. The lowest BCUT2D eigenvalue weighted by atomic mass is 9.84. The Hall–Kier alpha value is -2.63. The Balaban J connectivity index is 1.36. The van der Waals surface area contributed by atoms with Gasteiger partial charge in [-0.25, -0.2) is 13.2 Å². The molecule has 0 atom stereocenters. The normalized spacial score (nSPS) is 16.4. The molecule has 4 rings (SSSR count). The number of hydrogen-bond donors (Lipinski definition) is 1. The van der Waals surface area contributed by atoms with Gasteiger partial charge in [-0.3, -0.25) is 0 Å². The molecule has 0 spiro atoms. The van der Waals surface area contributed by atoms with E-state index in [0.717, 1.165) is 43.6 Å². The van der Waals surface area contributed by atoms with Gasteiger partial charge in [0.25, 0.3) is 0 Å². The van der Waals surface area contributed by atoms with Crippen LogP contribution in [0.3, 0.4) is 0 Å². The summed E-state index contributed by atoms with van der Waals surface area (Å²) in [4.78, 5) is 2.32. The summed E-state index contributed by atoms with van der Waals surface area (Å²) in [7, 11) is 0. The van der Waals surface area contributed by atoms with Crippen LogP contribution in [-0.4, -0.2) is 29.6 Å². The van der Waals surface area contributed by atoms with Crippen LogP contribution in [0.25, 0.3) is 0 Å². The van der Waals surface area contributed by atoms with Crippen LogP contribution < -0.4 is 0 Å². The third-order valence-electron chi connectivity index (χ3n) is 6.56. The van der Waals surface area contributed by atoms with E-state index in [0.29, 0.717) is 18.4 Å². The summed E-state index contributed by atoms with van der Waals surface area (Å²) in [6.45, 7) is 2.35. The zero-order chi connectivity index (χ0) is 22.6. The first-order valence-electron chi connectivity index (χ1n) is 11.1. The predicted octanol–water partition coefficient (Wildman–Crippen LogP) is 6.00. The Morgan fingerprint density at radius 1 is 0.781 bits per heavy atom. The van der Waals surface area contributed by atoms with E-state index in [1.165, 1.54) is 36.4 Å². The lowest BCUT2D eigenvalue weighted by Gasteiger charge is -2.38. The predicted molar refractivity (Wildman–Crippen MR) is 120 cm³/mol. The zero-order valence-electron chi connectivity index (χ0n) is 18.0. The molecule has 0 radical (unpaired) electrons. The summed E-state index contributed by atoms with van der Waals surface area (Å²) < 4.78 is 40.4. The Morgan fingerprint density at radius 3 is 1.88 bits per heavy atom. The molecule has 0 aromatic heterocycles. The van der Waals surface area contributed by atoms with Crippen LogP contribution in [0.2, 0.25) is 0 Å². The maximum absolute atomic E-state index is 13.6. The number of halogens is 3. The molecule has 0 amide bonds. The molecule has 0 saturated carbocycles. The molecular weight excluding hydrogens is 411 g/mol. The van der Waals surface area contributed by atoms with Gasteiger partial charge < -0.3 is 10.0 Å². The molecule has 1 heterocycles. The Morgan fingerprint density at radius 2 is 1.34 bits per heavy atom. The molecular formula is C27H28F3NO. The molecule has 1 aliphatic heterocycles. The van der Waals surface area contributed by atoms with Gasteiger partial charge in [0.2, 0.25) is 0 Å². The maximum Gasteiger partial charge on any atom is 0.123 e. The van der Waals surface area contributed by atoms with E-state index in [9.17, 15) is 18.3 Å². The third kappa shape index (κ3) is 5.40. The smallest absolute Gasteiger partial charge is 0.123 e. The van der Waals surface area contributed by atoms with Crippen molar-refractivity contribution < 1.29 is 18.3 Å². The minimum atomic E-state index is -0.983. The molecule has 168 valence electrons. The molecule has 2 nitrogen and oxygen atoms in total. The highest BCUT2D eigenvalue weighted by Gasteiger charge is 2.34. The van der Waals surface area contributed by atoms with E-state index in [-0.39, 0.29) is 23.4 Å². The van der Waals surface area contributed by atoms with Gasteiger partial charge in [0.1, 0.15) is 17.5 Å². The van der Waals surface area contributed by atoms with E-state index in [1.54, 1.807) is 36.4 Å². The maximum atomic E-state index is 13.6. The Bertz CT molecular complexity index is 966. The Labute approximate surface area is 187 Å². The van der Waals surface area contributed by atoms with E-state index in [4.69, 9.17) is 0 Å². The number of likely N-dealkylation sites (tertiary alicyclic amines) is 1. The van der Waals surface area contributed by atoms with Crippen molar-refractivity contribution in [2.45, 2.75) is 37.2 Å². The number of piperidine rings is 1. The van der Waals surface area contributed by atoms with Crippen LogP contribution in [0.15, 0.2) is 72.8 Å². The van der Waals surface area contributed by atoms with Crippen LogP contribution in [0.5, 0.6) is 0 Å². The van der Waals surface area contributed by atoms with Gasteiger partial charge in [0.15, 0.2) is 0 Å². The molecule has 1 saturated heterocycles. The van der Waals surface area contributed by atoms with Crippen LogP contribution in [-0.2, 0) is 5.60 Å². The number of nitrogens with zero attached hydrogens (tertiary/aromatic N) is 1. The van der Waals surface area contributed by atoms with E-state index < -0.39 is 5.60 Å². The summed E-state index contributed by atoms with van der Waals surface area (Å²) in [6.07, 6.45) is 2.89. The van der Waals surface area contributed by atoms with E-state index in [2.05, 4.69) is 4.90 Å². The summed E-state index contributed by atoms with van der Waals surface area (Å²) in [6, 6.07) is 19.3. The summed E-state index contributed by atoms with van der Waals surface area (Å²) in [5, 5.41) is 11.0. The second-order valence-electron chi connectivity index (χ2n) is 8.68. The average molecular weight is 440 g/mol. The zero-order valence-corrected chi connectivity index (χ0v) is 18.0. The average Bonchev–Trinajstić information content (AvgIpc) is 2.80. The van der Waals surface area contributed by atoms with Crippen LogP contribution in [0, 0.1) is 17.5 Å². The largest absolute Gasteiger partial charge is 0.385 e. The first kappa shape index (κ1) is 22.6. The number of rotatable bonds is 7. The highest BCUT2D eigenvalue weighted by Crippen LogP contribution is 2.34.